The average molecular weight is 420 g/mol. The molecule has 0 fully saturated rings. The minimum Gasteiger partial charge on any atom is -0.493 e. The van der Waals surface area contributed by atoms with Crippen LogP contribution in [0, 0.1) is 11.3 Å². The maximum atomic E-state index is 12.2. The second-order valence-corrected chi connectivity index (χ2v) is 7.01. The summed E-state index contributed by atoms with van der Waals surface area (Å²) in [6.45, 7) is -0.432. The van der Waals surface area contributed by atoms with E-state index in [-0.39, 0.29) is 25.2 Å². The third kappa shape index (κ3) is 6.09. The lowest BCUT2D eigenvalue weighted by Gasteiger charge is -2.26. The predicted octanol–water partition coefficient (Wildman–Crippen LogP) is 3.35. The first-order chi connectivity index (χ1) is 15.1. The highest BCUT2D eigenvalue weighted by molar-refractivity contribution is 5.89. The molecule has 160 valence electrons. The monoisotopic (exact) mass is 420 g/mol. The van der Waals surface area contributed by atoms with Crippen LogP contribution in [0.2, 0.25) is 0 Å². The van der Waals surface area contributed by atoms with Crippen molar-refractivity contribution in [1.82, 2.24) is 5.32 Å². The number of aryl methyl sites for hydroxylation is 1. The third-order valence-electron chi connectivity index (χ3n) is 4.94. The molecule has 0 saturated carbocycles. The fourth-order valence-electron chi connectivity index (χ4n) is 3.51. The van der Waals surface area contributed by atoms with Crippen LogP contribution in [0.4, 0.5) is 0 Å². The SMILES string of the molecule is COc1cc(/C=C/C(=O)OCC(=O)N[C@H]2CCCc3ccccc32)ccc1OCC#N. The van der Waals surface area contributed by atoms with Gasteiger partial charge >= 0.3 is 5.97 Å². The van der Waals surface area contributed by atoms with E-state index in [9.17, 15) is 9.59 Å². The molecule has 7 nitrogen and oxygen atoms in total. The number of nitrogens with zero attached hydrogens (tertiary/aromatic N) is 1. The number of methoxy groups -OCH3 is 1. The summed E-state index contributed by atoms with van der Waals surface area (Å²) in [6, 6.07) is 14.9. The van der Waals surface area contributed by atoms with Crippen LogP contribution in [0.5, 0.6) is 11.5 Å². The van der Waals surface area contributed by atoms with Gasteiger partial charge in [-0.05, 0) is 54.2 Å². The highest BCUT2D eigenvalue weighted by Gasteiger charge is 2.21. The summed E-state index contributed by atoms with van der Waals surface area (Å²) in [5, 5.41) is 11.6. The van der Waals surface area contributed by atoms with Gasteiger partial charge in [0.1, 0.15) is 6.07 Å². The highest BCUT2D eigenvalue weighted by Crippen LogP contribution is 2.29. The van der Waals surface area contributed by atoms with Crippen molar-refractivity contribution in [3.8, 4) is 17.6 Å². The lowest BCUT2D eigenvalue weighted by molar-refractivity contribution is -0.144. The molecule has 7 heteroatoms. The number of ether oxygens (including phenoxy) is 3. The number of nitriles is 1. The van der Waals surface area contributed by atoms with Crippen LogP contribution < -0.4 is 14.8 Å². The van der Waals surface area contributed by atoms with E-state index in [0.29, 0.717) is 17.1 Å². The van der Waals surface area contributed by atoms with Gasteiger partial charge in [0.15, 0.2) is 24.7 Å². The average Bonchev–Trinajstić information content (AvgIpc) is 2.80. The van der Waals surface area contributed by atoms with Crippen molar-refractivity contribution in [2.24, 2.45) is 0 Å². The van der Waals surface area contributed by atoms with Crippen LogP contribution in [0.15, 0.2) is 48.5 Å². The van der Waals surface area contributed by atoms with Gasteiger partial charge in [-0.25, -0.2) is 4.79 Å². The summed E-state index contributed by atoms with van der Waals surface area (Å²) in [6.07, 6.45) is 5.68. The molecule has 31 heavy (non-hydrogen) atoms. The molecule has 1 amide bonds. The summed E-state index contributed by atoms with van der Waals surface area (Å²) >= 11 is 0. The van der Waals surface area contributed by atoms with Crippen LogP contribution >= 0.6 is 0 Å². The molecule has 0 aliphatic heterocycles. The molecule has 0 saturated heterocycles. The molecule has 1 N–H and O–H groups in total. The van der Waals surface area contributed by atoms with Crippen LogP contribution in [0.25, 0.3) is 6.08 Å². The zero-order chi connectivity index (χ0) is 22.1. The normalized spacial score (nSPS) is 14.9. The molecule has 1 aliphatic rings. The number of fused-ring (bicyclic) bond motifs is 1. The van der Waals surface area contributed by atoms with Crippen molar-refractivity contribution < 1.29 is 23.8 Å². The van der Waals surface area contributed by atoms with E-state index >= 15 is 0 Å². The van der Waals surface area contributed by atoms with Crippen molar-refractivity contribution in [3.63, 3.8) is 0 Å². The fraction of sp³-hybridized carbons (Fsp3) is 0.292. The minimum atomic E-state index is -0.622. The van der Waals surface area contributed by atoms with E-state index in [1.807, 2.05) is 24.3 Å². The molecule has 0 bridgehead atoms. The zero-order valence-electron chi connectivity index (χ0n) is 17.3. The summed E-state index contributed by atoms with van der Waals surface area (Å²) in [7, 11) is 1.49. The number of nitrogens with one attached hydrogen (secondary N) is 1. The largest absolute Gasteiger partial charge is 0.493 e. The van der Waals surface area contributed by atoms with E-state index in [0.717, 1.165) is 24.8 Å². The zero-order valence-corrected chi connectivity index (χ0v) is 17.3. The molecule has 1 aliphatic carbocycles. The highest BCUT2D eigenvalue weighted by atomic mass is 16.5. The first-order valence-corrected chi connectivity index (χ1v) is 10.0. The number of carbonyl (C=O) groups excluding carboxylic acids is 2. The molecular formula is C24H24N2O5. The molecule has 2 aromatic rings. The molecular weight excluding hydrogens is 396 g/mol. The molecule has 0 unspecified atom stereocenters. The number of carbonyl (C=O) groups is 2. The van der Waals surface area contributed by atoms with E-state index in [2.05, 4.69) is 11.4 Å². The number of rotatable bonds is 8. The Hall–Kier alpha value is -3.79. The Balaban J connectivity index is 1.50. The Labute approximate surface area is 181 Å². The van der Waals surface area contributed by atoms with E-state index < -0.39 is 5.97 Å². The number of hydrogen-bond acceptors (Lipinski definition) is 6. The predicted molar refractivity (Wildman–Crippen MR) is 114 cm³/mol. The Morgan fingerprint density at radius 2 is 2.06 bits per heavy atom. The van der Waals surface area contributed by atoms with Gasteiger partial charge < -0.3 is 19.5 Å². The number of benzene rings is 2. The lowest BCUT2D eigenvalue weighted by atomic mass is 9.88. The molecule has 0 spiro atoms. The van der Waals surface area contributed by atoms with Gasteiger partial charge in [-0.1, -0.05) is 30.3 Å². The van der Waals surface area contributed by atoms with Gasteiger partial charge in [0.05, 0.1) is 13.2 Å². The standard InChI is InChI=1S/C24H24N2O5/c1-29-22-15-17(9-11-21(22)30-14-13-25)10-12-24(28)31-16-23(27)26-20-8-4-6-18-5-2-3-7-19(18)20/h2-3,5,7,9-12,15,20H,4,6,8,14,16H2,1H3,(H,26,27)/b12-10+/t20-/m0/s1. The Morgan fingerprint density at radius 1 is 1.23 bits per heavy atom. The second-order valence-electron chi connectivity index (χ2n) is 7.01. The minimum absolute atomic E-state index is 0.0547. The Kier molecular flexibility index (Phi) is 7.66. The summed E-state index contributed by atoms with van der Waals surface area (Å²) in [4.78, 5) is 24.2. The first kappa shape index (κ1) is 21.9. The van der Waals surface area contributed by atoms with E-state index in [4.69, 9.17) is 19.5 Å². The molecule has 0 radical (unpaired) electrons. The van der Waals surface area contributed by atoms with Crippen LogP contribution in [0.3, 0.4) is 0 Å². The Bertz CT molecular complexity index is 1010. The van der Waals surface area contributed by atoms with Crippen molar-refractivity contribution in [3.05, 3.63) is 65.2 Å². The van der Waals surface area contributed by atoms with Crippen LogP contribution in [-0.4, -0.2) is 32.2 Å². The lowest BCUT2D eigenvalue weighted by Crippen LogP contribution is -2.34. The molecule has 2 aromatic carbocycles. The van der Waals surface area contributed by atoms with Crippen molar-refractivity contribution in [2.45, 2.75) is 25.3 Å². The smallest absolute Gasteiger partial charge is 0.331 e. The number of amides is 1. The van der Waals surface area contributed by atoms with Crippen molar-refractivity contribution >= 4 is 18.0 Å². The molecule has 0 heterocycles. The second kappa shape index (κ2) is 10.8. The van der Waals surface area contributed by atoms with E-state index in [1.165, 1.54) is 18.7 Å². The van der Waals surface area contributed by atoms with Gasteiger partial charge in [-0.15, -0.1) is 0 Å². The summed E-state index contributed by atoms with van der Waals surface area (Å²) < 4.78 is 15.5. The third-order valence-corrected chi connectivity index (χ3v) is 4.94. The van der Waals surface area contributed by atoms with E-state index in [1.54, 1.807) is 24.3 Å². The van der Waals surface area contributed by atoms with Gasteiger partial charge in [-0.2, -0.15) is 5.26 Å². The fourth-order valence-corrected chi connectivity index (χ4v) is 3.51. The molecule has 0 aromatic heterocycles. The Morgan fingerprint density at radius 3 is 2.87 bits per heavy atom. The quantitative estimate of drug-likeness (QED) is 0.520. The number of esters is 1. The summed E-state index contributed by atoms with van der Waals surface area (Å²) in [5.74, 6) is -0.0743. The van der Waals surface area contributed by atoms with Crippen LogP contribution in [-0.2, 0) is 20.7 Å². The van der Waals surface area contributed by atoms with Crippen LogP contribution in [0.1, 0.15) is 35.6 Å². The summed E-state index contributed by atoms with van der Waals surface area (Å²) in [5.41, 5.74) is 3.06. The number of hydrogen-bond donors (Lipinski definition) is 1. The van der Waals surface area contributed by atoms with Gasteiger partial charge in [0, 0.05) is 6.08 Å². The molecule has 1 atom stereocenters. The molecule has 3 rings (SSSR count). The van der Waals surface area contributed by atoms with Gasteiger partial charge in [-0.3, -0.25) is 4.79 Å². The van der Waals surface area contributed by atoms with Crippen molar-refractivity contribution in [1.29, 1.82) is 5.26 Å². The van der Waals surface area contributed by atoms with Gasteiger partial charge in [0.25, 0.3) is 5.91 Å². The topological polar surface area (TPSA) is 97.7 Å². The van der Waals surface area contributed by atoms with Crippen molar-refractivity contribution in [2.75, 3.05) is 20.3 Å². The first-order valence-electron chi connectivity index (χ1n) is 10.0. The maximum Gasteiger partial charge on any atom is 0.331 e. The van der Waals surface area contributed by atoms with Gasteiger partial charge in [0.2, 0.25) is 0 Å². The maximum absolute atomic E-state index is 12.2.